The van der Waals surface area contributed by atoms with Gasteiger partial charge < -0.3 is 9.47 Å². The summed E-state index contributed by atoms with van der Waals surface area (Å²) in [6, 6.07) is 9.64. The van der Waals surface area contributed by atoms with Crippen molar-refractivity contribution in [2.45, 2.75) is 122 Å². The van der Waals surface area contributed by atoms with E-state index in [9.17, 15) is 13.2 Å². The van der Waals surface area contributed by atoms with Crippen LogP contribution in [0.25, 0.3) is 0 Å². The summed E-state index contributed by atoms with van der Waals surface area (Å²) in [4.78, 5) is 13.4. The number of carbonyl (C=O) groups is 1. The van der Waals surface area contributed by atoms with Crippen LogP contribution in [0.1, 0.15) is 109 Å². The van der Waals surface area contributed by atoms with Gasteiger partial charge in [-0.05, 0) is 61.8 Å². The van der Waals surface area contributed by atoms with Crippen molar-refractivity contribution in [3.8, 4) is 0 Å². The third kappa shape index (κ3) is 5.08. The summed E-state index contributed by atoms with van der Waals surface area (Å²) in [6.45, 7) is 4.43. The molecule has 7 heteroatoms. The number of benzene rings is 1. The minimum atomic E-state index is -3.56. The Balaban J connectivity index is 1.43. The number of fused-ring (bicyclic) bond motifs is 2. The van der Waals surface area contributed by atoms with E-state index in [0.29, 0.717) is 5.92 Å². The number of hydrogen-bond donors (Lipinski definition) is 0. The highest BCUT2D eigenvalue weighted by Gasteiger charge is 2.67. The smallest absolute Gasteiger partial charge is 0.340 e. The van der Waals surface area contributed by atoms with Gasteiger partial charge in [-0.25, -0.2) is 13.2 Å². The van der Waals surface area contributed by atoms with Gasteiger partial charge in [0.15, 0.2) is 6.10 Å². The first-order valence-electron chi connectivity index (χ1n) is 15.0. The molecule has 1 unspecified atom stereocenters. The predicted molar refractivity (Wildman–Crippen MR) is 149 cm³/mol. The summed E-state index contributed by atoms with van der Waals surface area (Å²) in [6.07, 6.45) is 12.0. The van der Waals surface area contributed by atoms with Crippen LogP contribution in [-0.2, 0) is 24.3 Å². The van der Waals surface area contributed by atoms with Crippen LogP contribution in [0.5, 0.6) is 0 Å². The Kier molecular flexibility index (Phi) is 8.29. The normalized spacial score (nSPS) is 30.9. The van der Waals surface area contributed by atoms with E-state index in [4.69, 9.17) is 9.47 Å². The first-order chi connectivity index (χ1) is 18.2. The van der Waals surface area contributed by atoms with Crippen LogP contribution in [0.3, 0.4) is 0 Å². The van der Waals surface area contributed by atoms with Gasteiger partial charge in [0.2, 0.25) is 10.0 Å². The fourth-order valence-electron chi connectivity index (χ4n) is 8.53. The third-order valence-electron chi connectivity index (χ3n) is 10.8. The van der Waals surface area contributed by atoms with Crippen LogP contribution < -0.4 is 0 Å². The van der Waals surface area contributed by atoms with Crippen LogP contribution in [0.15, 0.2) is 30.3 Å². The molecule has 1 aromatic carbocycles. The zero-order valence-corrected chi connectivity index (χ0v) is 24.4. The molecule has 5 rings (SSSR count). The van der Waals surface area contributed by atoms with Gasteiger partial charge in [-0.2, -0.15) is 4.31 Å². The molecule has 4 fully saturated rings. The van der Waals surface area contributed by atoms with Gasteiger partial charge in [-0.1, -0.05) is 82.7 Å². The average Bonchev–Trinajstić information content (AvgIpc) is 3.26. The van der Waals surface area contributed by atoms with Crippen molar-refractivity contribution in [1.82, 2.24) is 4.31 Å². The Morgan fingerprint density at radius 1 is 0.947 bits per heavy atom. The fraction of sp³-hybridized carbons (Fsp3) is 0.774. The second-order valence-electron chi connectivity index (χ2n) is 13.0. The molecular weight excluding hydrogens is 498 g/mol. The molecule has 0 heterocycles. The topological polar surface area (TPSA) is 72.9 Å². The minimum Gasteiger partial charge on any atom is -0.460 e. The number of hydrogen-bond acceptors (Lipinski definition) is 5. The lowest BCUT2D eigenvalue weighted by Crippen LogP contribution is -2.54. The average molecular weight is 546 g/mol. The molecule has 6 nitrogen and oxygen atoms in total. The van der Waals surface area contributed by atoms with Gasteiger partial charge >= 0.3 is 5.97 Å². The minimum absolute atomic E-state index is 0.0808. The van der Waals surface area contributed by atoms with Crippen molar-refractivity contribution in [3.63, 3.8) is 0 Å². The zero-order chi connectivity index (χ0) is 27.0. The van der Waals surface area contributed by atoms with E-state index in [2.05, 4.69) is 13.8 Å². The van der Waals surface area contributed by atoms with Crippen LogP contribution in [0.2, 0.25) is 0 Å². The van der Waals surface area contributed by atoms with Crippen molar-refractivity contribution in [2.75, 3.05) is 12.9 Å². The summed E-state index contributed by atoms with van der Waals surface area (Å²) in [5.41, 5.74) is -0.0433. The van der Waals surface area contributed by atoms with Gasteiger partial charge in [0.1, 0.15) is 6.10 Å². The van der Waals surface area contributed by atoms with Crippen LogP contribution in [0, 0.1) is 16.7 Å². The van der Waals surface area contributed by atoms with Crippen LogP contribution in [0.4, 0.5) is 0 Å². The van der Waals surface area contributed by atoms with Crippen molar-refractivity contribution in [3.05, 3.63) is 35.9 Å². The Morgan fingerprint density at radius 3 is 2.05 bits per heavy atom. The molecule has 4 aliphatic carbocycles. The molecule has 0 aromatic heterocycles. The summed E-state index contributed by atoms with van der Waals surface area (Å²) >= 11 is 0. The van der Waals surface area contributed by atoms with E-state index in [1.165, 1.54) is 20.0 Å². The molecule has 0 saturated heterocycles. The molecule has 1 aromatic rings. The van der Waals surface area contributed by atoms with Gasteiger partial charge in [0, 0.05) is 24.6 Å². The van der Waals surface area contributed by atoms with Gasteiger partial charge in [-0.15, -0.1) is 0 Å². The van der Waals surface area contributed by atoms with E-state index in [0.717, 1.165) is 76.2 Å². The SMILES string of the molecule is COC(C(=O)O[C@@H]1C[C@H]2CC[C@]1(CS(=O)(=O)N(C1CCCCC1)C1CCCCC1)C2(C)C)c1ccccc1. The standard InChI is InChI=1S/C31H47NO5S/c1-30(2)24-19-20-31(30,27(21-24)37-29(33)28(36-3)23-13-7-4-8-14-23)22-38(34,35)32(25-15-9-5-10-16-25)26-17-11-6-12-18-26/h4,7-8,13-14,24-28H,5-6,9-12,15-22H2,1-3H3/t24-,27-,28?,31-/m1/s1. The summed E-state index contributed by atoms with van der Waals surface area (Å²) in [7, 11) is -2.03. The highest BCUT2D eigenvalue weighted by atomic mass is 32.2. The number of nitrogens with zero attached hydrogens (tertiary/aromatic N) is 1. The summed E-state index contributed by atoms with van der Waals surface area (Å²) in [5, 5.41) is 0. The van der Waals surface area contributed by atoms with Crippen LogP contribution in [-0.4, -0.2) is 49.7 Å². The molecule has 0 aliphatic heterocycles. The monoisotopic (exact) mass is 545 g/mol. The highest BCUT2D eigenvalue weighted by Crippen LogP contribution is 2.67. The molecule has 38 heavy (non-hydrogen) atoms. The molecule has 0 amide bonds. The number of esters is 1. The van der Waals surface area contributed by atoms with Crippen molar-refractivity contribution < 1.29 is 22.7 Å². The number of ether oxygens (including phenoxy) is 2. The lowest BCUT2D eigenvalue weighted by atomic mass is 9.69. The summed E-state index contributed by atoms with van der Waals surface area (Å²) in [5.74, 6) is 0.0171. The Morgan fingerprint density at radius 2 is 1.53 bits per heavy atom. The summed E-state index contributed by atoms with van der Waals surface area (Å²) < 4.78 is 42.9. The maximum absolute atomic E-state index is 14.6. The number of sulfonamides is 1. The molecule has 212 valence electrons. The van der Waals surface area contributed by atoms with E-state index in [1.54, 1.807) is 0 Å². The predicted octanol–water partition coefficient (Wildman–Crippen LogP) is 6.41. The maximum atomic E-state index is 14.6. The molecule has 0 spiro atoms. The van der Waals surface area contributed by atoms with Gasteiger partial charge in [0.05, 0.1) is 5.75 Å². The van der Waals surface area contributed by atoms with E-state index in [-0.39, 0.29) is 23.3 Å². The Bertz CT molecular complexity index is 1040. The zero-order valence-electron chi connectivity index (χ0n) is 23.6. The van der Waals surface area contributed by atoms with Crippen LogP contribution >= 0.6 is 0 Å². The first kappa shape index (κ1) is 28.1. The quantitative estimate of drug-likeness (QED) is 0.335. The number of rotatable bonds is 9. The van der Waals surface area contributed by atoms with E-state index < -0.39 is 33.6 Å². The van der Waals surface area contributed by atoms with Crippen molar-refractivity contribution in [2.24, 2.45) is 16.7 Å². The first-order valence-corrected chi connectivity index (χ1v) is 16.6. The Hall–Kier alpha value is -1.44. The molecule has 4 aliphatic rings. The molecule has 4 atom stereocenters. The van der Waals surface area contributed by atoms with E-state index in [1.807, 2.05) is 34.6 Å². The van der Waals surface area contributed by atoms with Gasteiger partial charge in [0.25, 0.3) is 0 Å². The van der Waals surface area contributed by atoms with Crippen molar-refractivity contribution >= 4 is 16.0 Å². The molecule has 0 radical (unpaired) electrons. The van der Waals surface area contributed by atoms with Crippen molar-refractivity contribution in [1.29, 1.82) is 0 Å². The highest BCUT2D eigenvalue weighted by molar-refractivity contribution is 7.89. The second-order valence-corrected chi connectivity index (χ2v) is 14.8. The molecule has 4 saturated carbocycles. The molecule has 0 N–H and O–H groups in total. The number of methoxy groups -OCH3 is 1. The lowest BCUT2D eigenvalue weighted by Gasteiger charge is -2.46. The van der Waals surface area contributed by atoms with E-state index >= 15 is 0 Å². The van der Waals surface area contributed by atoms with Gasteiger partial charge in [-0.3, -0.25) is 0 Å². The molecular formula is C31H47NO5S. The lowest BCUT2D eigenvalue weighted by molar-refractivity contribution is -0.169. The number of carbonyl (C=O) groups excluding carboxylic acids is 1. The maximum Gasteiger partial charge on any atom is 0.340 e. The Labute approximate surface area is 229 Å². The largest absolute Gasteiger partial charge is 0.460 e. The second kappa shape index (κ2) is 11.2. The third-order valence-corrected chi connectivity index (χ3v) is 12.9. The molecule has 2 bridgehead atoms. The fourth-order valence-corrected chi connectivity index (χ4v) is 11.4.